The first-order chi connectivity index (χ1) is 8.16. The number of aromatic hydroxyl groups is 1. The molecule has 88 valence electrons. The van der Waals surface area contributed by atoms with Crippen LogP contribution in [0.3, 0.4) is 0 Å². The molecule has 2 aromatic carbocycles. The van der Waals surface area contributed by atoms with E-state index in [9.17, 15) is 5.11 Å². The van der Waals surface area contributed by atoms with Crippen molar-refractivity contribution in [1.82, 2.24) is 0 Å². The van der Waals surface area contributed by atoms with Gasteiger partial charge in [-0.3, -0.25) is 4.99 Å². The normalized spacial score (nSPS) is 10.3. The van der Waals surface area contributed by atoms with Crippen LogP contribution in [0, 0.1) is 13.8 Å². The molecule has 0 aliphatic heterocycles. The average molecular weight is 233 g/mol. The van der Waals surface area contributed by atoms with Gasteiger partial charge in [0, 0.05) is 11.8 Å². The van der Waals surface area contributed by atoms with Gasteiger partial charge in [0.05, 0.1) is 5.69 Å². The SMILES string of the molecule is Cc1ccc(N=Cc2ccccc2O)c(C)c1.[H-].[Li+]. The Labute approximate surface area is 121 Å². The summed E-state index contributed by atoms with van der Waals surface area (Å²) in [4.78, 5) is 4.39. The van der Waals surface area contributed by atoms with Crippen molar-refractivity contribution in [1.29, 1.82) is 0 Å². The van der Waals surface area contributed by atoms with E-state index in [-0.39, 0.29) is 26.0 Å². The van der Waals surface area contributed by atoms with Crippen LogP contribution >= 0.6 is 0 Å². The van der Waals surface area contributed by atoms with E-state index in [1.54, 1.807) is 18.3 Å². The van der Waals surface area contributed by atoms with E-state index in [2.05, 4.69) is 18.0 Å². The summed E-state index contributed by atoms with van der Waals surface area (Å²) in [5.41, 5.74) is 4.02. The number of phenolic OH excluding ortho intramolecular Hbond substituents is 1. The molecular formula is C15H16LiNO. The molecule has 2 rings (SSSR count). The second kappa shape index (κ2) is 6.44. The molecule has 0 saturated heterocycles. The first-order valence-electron chi connectivity index (χ1n) is 5.56. The van der Waals surface area contributed by atoms with Crippen molar-refractivity contribution in [3.05, 3.63) is 59.2 Å². The fourth-order valence-corrected chi connectivity index (χ4v) is 1.69. The summed E-state index contributed by atoms with van der Waals surface area (Å²) in [6.45, 7) is 4.09. The predicted molar refractivity (Wildman–Crippen MR) is 72.4 cm³/mol. The number of para-hydroxylation sites is 1. The molecule has 0 saturated carbocycles. The summed E-state index contributed by atoms with van der Waals surface area (Å²) in [5, 5.41) is 9.61. The molecule has 18 heavy (non-hydrogen) atoms. The van der Waals surface area contributed by atoms with Gasteiger partial charge in [0.15, 0.2) is 0 Å². The Bertz CT molecular complexity index is 570. The topological polar surface area (TPSA) is 32.6 Å². The van der Waals surface area contributed by atoms with Gasteiger partial charge in [0.1, 0.15) is 5.75 Å². The minimum Gasteiger partial charge on any atom is -1.00 e. The molecule has 0 aromatic heterocycles. The van der Waals surface area contributed by atoms with Crippen molar-refractivity contribution >= 4 is 11.9 Å². The van der Waals surface area contributed by atoms with E-state index in [1.807, 2.05) is 31.2 Å². The summed E-state index contributed by atoms with van der Waals surface area (Å²) < 4.78 is 0. The smallest absolute Gasteiger partial charge is 1.00 e. The zero-order chi connectivity index (χ0) is 12.3. The van der Waals surface area contributed by atoms with Crippen molar-refractivity contribution in [3.63, 3.8) is 0 Å². The largest absolute Gasteiger partial charge is 1.00 e. The third-order valence-corrected chi connectivity index (χ3v) is 2.63. The number of rotatable bonds is 2. The van der Waals surface area contributed by atoms with Gasteiger partial charge in [-0.1, -0.05) is 29.8 Å². The molecule has 0 aliphatic rings. The van der Waals surface area contributed by atoms with Gasteiger partial charge in [-0.15, -0.1) is 0 Å². The average Bonchev–Trinajstić information content (AvgIpc) is 2.30. The van der Waals surface area contributed by atoms with Gasteiger partial charge < -0.3 is 6.53 Å². The molecule has 0 heterocycles. The molecule has 0 unspecified atom stereocenters. The summed E-state index contributed by atoms with van der Waals surface area (Å²) in [6, 6.07) is 13.3. The number of benzene rings is 2. The van der Waals surface area contributed by atoms with Crippen LogP contribution in [0.2, 0.25) is 0 Å². The molecule has 1 N–H and O–H groups in total. The Hall–Kier alpha value is -1.49. The van der Waals surface area contributed by atoms with Crippen molar-refractivity contribution in [2.24, 2.45) is 4.99 Å². The first-order valence-corrected chi connectivity index (χ1v) is 5.56. The molecule has 3 heteroatoms. The molecule has 0 radical (unpaired) electrons. The van der Waals surface area contributed by atoms with E-state index < -0.39 is 0 Å². The van der Waals surface area contributed by atoms with Gasteiger partial charge in [0.25, 0.3) is 0 Å². The Morgan fingerprint density at radius 2 is 1.83 bits per heavy atom. The van der Waals surface area contributed by atoms with Crippen molar-refractivity contribution in [3.8, 4) is 5.75 Å². The maximum atomic E-state index is 9.61. The fraction of sp³-hybridized carbons (Fsp3) is 0.133. The van der Waals surface area contributed by atoms with Gasteiger partial charge in [0.2, 0.25) is 0 Å². The summed E-state index contributed by atoms with van der Waals surface area (Å²) in [7, 11) is 0. The molecule has 0 spiro atoms. The zero-order valence-electron chi connectivity index (χ0n) is 12.0. The number of aryl methyl sites for hydroxylation is 2. The molecule has 0 amide bonds. The van der Waals surface area contributed by atoms with E-state index in [0.29, 0.717) is 0 Å². The van der Waals surface area contributed by atoms with Crippen LogP contribution in [0.25, 0.3) is 0 Å². The first kappa shape index (κ1) is 14.6. The quantitative estimate of drug-likeness (QED) is 0.606. The van der Waals surface area contributed by atoms with Gasteiger partial charge in [-0.25, -0.2) is 0 Å². The maximum Gasteiger partial charge on any atom is 1.00 e. The molecule has 0 fully saturated rings. The third-order valence-electron chi connectivity index (χ3n) is 2.63. The number of aliphatic imine (C=N–C) groups is 1. The Balaban J connectivity index is 0.00000162. The zero-order valence-corrected chi connectivity index (χ0v) is 11.0. The van der Waals surface area contributed by atoms with Gasteiger partial charge in [-0.05, 0) is 37.6 Å². The molecule has 0 aliphatic carbocycles. The summed E-state index contributed by atoms with van der Waals surface area (Å²) >= 11 is 0. The van der Waals surface area contributed by atoms with Crippen LogP contribution in [0.4, 0.5) is 5.69 Å². The minimum atomic E-state index is 0. The maximum absolute atomic E-state index is 9.61. The second-order valence-electron chi connectivity index (χ2n) is 4.11. The van der Waals surface area contributed by atoms with Crippen LogP contribution in [0.15, 0.2) is 47.5 Å². The van der Waals surface area contributed by atoms with Crippen LogP contribution < -0.4 is 18.9 Å². The summed E-state index contributed by atoms with van der Waals surface area (Å²) in [5.74, 6) is 0.251. The molecule has 0 bridgehead atoms. The number of hydrogen-bond acceptors (Lipinski definition) is 2. The van der Waals surface area contributed by atoms with E-state index in [1.165, 1.54) is 5.56 Å². The predicted octanol–water partition coefficient (Wildman–Crippen LogP) is 0.876. The van der Waals surface area contributed by atoms with Crippen LogP contribution in [0.5, 0.6) is 5.75 Å². The summed E-state index contributed by atoms with van der Waals surface area (Å²) in [6.07, 6.45) is 1.69. The fourth-order valence-electron chi connectivity index (χ4n) is 1.69. The Morgan fingerprint density at radius 1 is 1.11 bits per heavy atom. The third kappa shape index (κ3) is 3.50. The van der Waals surface area contributed by atoms with E-state index >= 15 is 0 Å². The van der Waals surface area contributed by atoms with Crippen molar-refractivity contribution < 1.29 is 25.4 Å². The van der Waals surface area contributed by atoms with Gasteiger partial charge >= 0.3 is 18.9 Å². The van der Waals surface area contributed by atoms with Crippen LogP contribution in [0.1, 0.15) is 18.1 Å². The monoisotopic (exact) mass is 233 g/mol. The van der Waals surface area contributed by atoms with Crippen LogP contribution in [-0.2, 0) is 0 Å². The van der Waals surface area contributed by atoms with Crippen molar-refractivity contribution in [2.45, 2.75) is 13.8 Å². The Kier molecular flexibility index (Phi) is 5.21. The number of hydrogen-bond donors (Lipinski definition) is 1. The standard InChI is InChI=1S/C15H15NO.Li.H/c1-11-7-8-14(12(2)9-11)16-10-13-5-3-4-6-15(13)17;;/h3-10,17H,1-2H3;;/q;+1;-1. The van der Waals surface area contributed by atoms with Crippen molar-refractivity contribution in [2.75, 3.05) is 0 Å². The van der Waals surface area contributed by atoms with Crippen LogP contribution in [-0.4, -0.2) is 11.3 Å². The Morgan fingerprint density at radius 3 is 2.50 bits per heavy atom. The molecule has 0 atom stereocenters. The number of nitrogens with zero attached hydrogens (tertiary/aromatic N) is 1. The molecule has 2 aromatic rings. The van der Waals surface area contributed by atoms with Gasteiger partial charge in [-0.2, -0.15) is 0 Å². The number of phenols is 1. The molecular weight excluding hydrogens is 217 g/mol. The second-order valence-corrected chi connectivity index (χ2v) is 4.11. The van der Waals surface area contributed by atoms with E-state index in [4.69, 9.17) is 0 Å². The minimum absolute atomic E-state index is 0. The molecule has 2 nitrogen and oxygen atoms in total. The van der Waals surface area contributed by atoms with E-state index in [0.717, 1.165) is 16.8 Å².